The van der Waals surface area contributed by atoms with Gasteiger partial charge in [0.25, 0.3) is 0 Å². The molecule has 1 heterocycles. The quantitative estimate of drug-likeness (QED) is 0.787. The molecule has 6 nitrogen and oxygen atoms in total. The number of nitrogens with two attached hydrogens (primary N) is 1. The van der Waals surface area contributed by atoms with Gasteiger partial charge >= 0.3 is 0 Å². The summed E-state index contributed by atoms with van der Waals surface area (Å²) >= 11 is 0. The lowest BCUT2D eigenvalue weighted by Gasteiger charge is -2.08. The molecule has 3 rings (SSSR count). The second-order valence-electron chi connectivity index (χ2n) is 5.18. The molecular formula is C14H17N5O. The van der Waals surface area contributed by atoms with E-state index in [-0.39, 0.29) is 5.91 Å². The summed E-state index contributed by atoms with van der Waals surface area (Å²) in [4.78, 5) is 16.1. The molecule has 0 unspecified atom stereocenters. The van der Waals surface area contributed by atoms with E-state index < -0.39 is 6.04 Å². The molecule has 1 aliphatic carbocycles. The first-order valence-electron chi connectivity index (χ1n) is 6.72. The van der Waals surface area contributed by atoms with Crippen molar-refractivity contribution in [2.75, 3.05) is 5.32 Å². The summed E-state index contributed by atoms with van der Waals surface area (Å²) in [6, 6.07) is 6.91. The maximum absolute atomic E-state index is 11.6. The fourth-order valence-electron chi connectivity index (χ4n) is 1.93. The molecule has 0 spiro atoms. The van der Waals surface area contributed by atoms with E-state index in [2.05, 4.69) is 20.5 Å². The number of aromatic nitrogens is 3. The van der Waals surface area contributed by atoms with Gasteiger partial charge in [0.1, 0.15) is 5.82 Å². The molecule has 0 aliphatic heterocycles. The number of hydrogen-bond donors (Lipinski definition) is 3. The van der Waals surface area contributed by atoms with Crippen molar-refractivity contribution in [3.63, 3.8) is 0 Å². The molecule has 4 N–H and O–H groups in total. The second-order valence-corrected chi connectivity index (χ2v) is 5.18. The summed E-state index contributed by atoms with van der Waals surface area (Å²) in [6.07, 6.45) is 2.36. The summed E-state index contributed by atoms with van der Waals surface area (Å²) in [5.74, 6) is 1.93. The molecule has 6 heteroatoms. The minimum Gasteiger partial charge on any atom is -0.325 e. The molecule has 20 heavy (non-hydrogen) atoms. The maximum Gasteiger partial charge on any atom is 0.240 e. The Morgan fingerprint density at radius 2 is 2.30 bits per heavy atom. The van der Waals surface area contributed by atoms with Crippen molar-refractivity contribution in [2.45, 2.75) is 31.7 Å². The van der Waals surface area contributed by atoms with Crippen molar-refractivity contribution in [3.05, 3.63) is 30.1 Å². The van der Waals surface area contributed by atoms with Crippen molar-refractivity contribution < 1.29 is 4.79 Å². The van der Waals surface area contributed by atoms with E-state index in [0.717, 1.165) is 11.4 Å². The van der Waals surface area contributed by atoms with Crippen LogP contribution in [0.1, 0.15) is 31.5 Å². The number of carbonyl (C=O) groups excluding carboxylic acids is 1. The van der Waals surface area contributed by atoms with Crippen LogP contribution >= 0.6 is 0 Å². The van der Waals surface area contributed by atoms with Gasteiger partial charge in [0.15, 0.2) is 5.82 Å². The number of nitrogens with one attached hydrogen (secondary N) is 2. The van der Waals surface area contributed by atoms with Crippen LogP contribution in [0.4, 0.5) is 5.69 Å². The molecule has 2 aromatic rings. The number of H-pyrrole nitrogens is 1. The van der Waals surface area contributed by atoms with Gasteiger partial charge in [0.2, 0.25) is 5.91 Å². The molecule has 1 atom stereocenters. The van der Waals surface area contributed by atoms with E-state index in [9.17, 15) is 4.79 Å². The van der Waals surface area contributed by atoms with Crippen LogP contribution in [0.25, 0.3) is 11.4 Å². The standard InChI is InChI=1S/C14H17N5O/c1-8(15)14(20)16-11-4-2-3-10(7-11)13-17-12(18-19-13)9-5-6-9/h2-4,7-9H,5-6,15H2,1H3,(H,16,20)(H,17,18,19)/t8-/m1/s1. The lowest BCUT2D eigenvalue weighted by Crippen LogP contribution is -2.32. The van der Waals surface area contributed by atoms with E-state index in [0.29, 0.717) is 17.4 Å². The van der Waals surface area contributed by atoms with Gasteiger partial charge in [0.05, 0.1) is 6.04 Å². The summed E-state index contributed by atoms with van der Waals surface area (Å²) in [5, 5.41) is 9.97. The lowest BCUT2D eigenvalue weighted by atomic mass is 10.2. The number of anilines is 1. The van der Waals surface area contributed by atoms with Gasteiger partial charge in [-0.15, -0.1) is 0 Å². The van der Waals surface area contributed by atoms with Crippen LogP contribution in [-0.2, 0) is 4.79 Å². The number of amides is 1. The van der Waals surface area contributed by atoms with Crippen LogP contribution in [0.5, 0.6) is 0 Å². The van der Waals surface area contributed by atoms with E-state index in [1.807, 2.05) is 24.3 Å². The zero-order valence-electron chi connectivity index (χ0n) is 11.3. The van der Waals surface area contributed by atoms with Gasteiger partial charge in [-0.2, -0.15) is 5.10 Å². The Bertz CT molecular complexity index is 630. The van der Waals surface area contributed by atoms with E-state index in [1.165, 1.54) is 12.8 Å². The number of nitrogens with zero attached hydrogens (tertiary/aromatic N) is 2. The molecule has 104 valence electrons. The minimum atomic E-state index is -0.538. The van der Waals surface area contributed by atoms with E-state index in [4.69, 9.17) is 5.73 Å². The Hall–Kier alpha value is -2.21. The molecule has 1 aromatic carbocycles. The molecule has 0 radical (unpaired) electrons. The summed E-state index contributed by atoms with van der Waals surface area (Å²) in [5.41, 5.74) is 7.10. The molecule has 1 fully saturated rings. The molecule has 1 saturated carbocycles. The van der Waals surface area contributed by atoms with Crippen LogP contribution in [-0.4, -0.2) is 27.1 Å². The topological polar surface area (TPSA) is 96.7 Å². The zero-order valence-corrected chi connectivity index (χ0v) is 11.3. The predicted molar refractivity (Wildman–Crippen MR) is 76.1 cm³/mol. The molecule has 1 aromatic heterocycles. The number of hydrogen-bond acceptors (Lipinski definition) is 4. The third-order valence-electron chi connectivity index (χ3n) is 3.27. The highest BCUT2D eigenvalue weighted by Gasteiger charge is 2.27. The van der Waals surface area contributed by atoms with E-state index >= 15 is 0 Å². The van der Waals surface area contributed by atoms with Crippen LogP contribution in [0, 0.1) is 0 Å². The summed E-state index contributed by atoms with van der Waals surface area (Å²) in [7, 11) is 0. The third-order valence-corrected chi connectivity index (χ3v) is 3.27. The van der Waals surface area contributed by atoms with Gasteiger partial charge in [-0.25, -0.2) is 4.98 Å². The van der Waals surface area contributed by atoms with Crippen LogP contribution in [0.15, 0.2) is 24.3 Å². The predicted octanol–water partition coefficient (Wildman–Crippen LogP) is 1.63. The number of carbonyl (C=O) groups is 1. The molecular weight excluding hydrogens is 254 g/mol. The Balaban J connectivity index is 1.80. The molecule has 1 aliphatic rings. The first-order valence-corrected chi connectivity index (χ1v) is 6.72. The highest BCUT2D eigenvalue weighted by Crippen LogP contribution is 2.38. The second kappa shape index (κ2) is 5.05. The zero-order chi connectivity index (χ0) is 14.1. The fraction of sp³-hybridized carbons (Fsp3) is 0.357. The minimum absolute atomic E-state index is 0.212. The molecule has 0 bridgehead atoms. The largest absolute Gasteiger partial charge is 0.325 e. The van der Waals surface area contributed by atoms with Crippen molar-refractivity contribution in [1.82, 2.24) is 15.2 Å². The van der Waals surface area contributed by atoms with Gasteiger partial charge in [-0.1, -0.05) is 12.1 Å². The van der Waals surface area contributed by atoms with Crippen molar-refractivity contribution in [2.24, 2.45) is 5.73 Å². The van der Waals surface area contributed by atoms with Crippen molar-refractivity contribution >= 4 is 11.6 Å². The first kappa shape index (κ1) is 12.8. The fourth-order valence-corrected chi connectivity index (χ4v) is 1.93. The van der Waals surface area contributed by atoms with Gasteiger partial charge in [-0.05, 0) is 31.9 Å². The van der Waals surface area contributed by atoms with Crippen LogP contribution in [0.3, 0.4) is 0 Å². The van der Waals surface area contributed by atoms with Gasteiger partial charge in [-0.3, -0.25) is 9.89 Å². The summed E-state index contributed by atoms with van der Waals surface area (Å²) in [6.45, 7) is 1.65. The lowest BCUT2D eigenvalue weighted by molar-refractivity contribution is -0.117. The number of benzene rings is 1. The maximum atomic E-state index is 11.6. The highest BCUT2D eigenvalue weighted by atomic mass is 16.2. The third kappa shape index (κ3) is 2.70. The summed E-state index contributed by atoms with van der Waals surface area (Å²) < 4.78 is 0. The molecule has 1 amide bonds. The van der Waals surface area contributed by atoms with Gasteiger partial charge < -0.3 is 11.1 Å². The van der Waals surface area contributed by atoms with Crippen LogP contribution < -0.4 is 11.1 Å². The Kier molecular flexibility index (Phi) is 3.23. The average Bonchev–Trinajstić information content (AvgIpc) is 3.16. The smallest absolute Gasteiger partial charge is 0.240 e. The average molecular weight is 271 g/mol. The van der Waals surface area contributed by atoms with Crippen molar-refractivity contribution in [3.8, 4) is 11.4 Å². The Morgan fingerprint density at radius 1 is 1.50 bits per heavy atom. The highest BCUT2D eigenvalue weighted by molar-refractivity contribution is 5.94. The Labute approximate surface area is 116 Å². The SMILES string of the molecule is C[C@@H](N)C(=O)Nc1cccc(-c2n[nH]c(C3CC3)n2)c1. The normalized spacial score (nSPS) is 15.9. The van der Waals surface area contributed by atoms with E-state index in [1.54, 1.807) is 6.92 Å². The Morgan fingerprint density at radius 3 is 3.00 bits per heavy atom. The van der Waals surface area contributed by atoms with Crippen molar-refractivity contribution in [1.29, 1.82) is 0 Å². The molecule has 0 saturated heterocycles. The first-order chi connectivity index (χ1) is 9.63. The number of aromatic amines is 1. The monoisotopic (exact) mass is 271 g/mol. The number of rotatable bonds is 4. The van der Waals surface area contributed by atoms with Gasteiger partial charge in [0, 0.05) is 17.2 Å². The van der Waals surface area contributed by atoms with Crippen LogP contribution in [0.2, 0.25) is 0 Å².